The van der Waals surface area contributed by atoms with Gasteiger partial charge in [-0.1, -0.05) is 0 Å². The van der Waals surface area contributed by atoms with Gasteiger partial charge in [0.1, 0.15) is 0 Å². The zero-order chi connectivity index (χ0) is 9.14. The molecule has 0 aliphatic heterocycles. The van der Waals surface area contributed by atoms with E-state index in [0.29, 0.717) is 11.3 Å². The summed E-state index contributed by atoms with van der Waals surface area (Å²) in [6.45, 7) is 0. The summed E-state index contributed by atoms with van der Waals surface area (Å²) >= 11 is 8.50. The number of hydrogen-bond donors (Lipinski definition) is 2. The Labute approximate surface area is 83.0 Å². The molecule has 0 heterocycles. The molecule has 0 saturated carbocycles. The summed E-state index contributed by atoms with van der Waals surface area (Å²) in [5, 5.41) is -0.501. The Morgan fingerprint density at radius 2 is 2.25 bits per heavy atom. The topological polar surface area (TPSA) is 55.1 Å². The molecule has 0 aromatic heterocycles. The van der Waals surface area contributed by atoms with Crippen molar-refractivity contribution < 1.29 is 4.79 Å². The predicted molar refractivity (Wildman–Crippen MR) is 52.1 cm³/mol. The van der Waals surface area contributed by atoms with Crippen LogP contribution in [0.25, 0.3) is 0 Å². The molecule has 0 fully saturated rings. The van der Waals surface area contributed by atoms with Crippen molar-refractivity contribution in [3.05, 3.63) is 28.2 Å². The fourth-order valence-corrected chi connectivity index (χ4v) is 1.24. The number of rotatable bonds is 2. The van der Waals surface area contributed by atoms with Gasteiger partial charge in [-0.3, -0.25) is 10.6 Å². The summed E-state index contributed by atoms with van der Waals surface area (Å²) in [6.07, 6.45) is 0. The van der Waals surface area contributed by atoms with E-state index in [9.17, 15) is 4.79 Å². The highest BCUT2D eigenvalue weighted by atomic mass is 79.9. The maximum atomic E-state index is 10.7. The van der Waals surface area contributed by atoms with Crippen molar-refractivity contribution in [1.82, 2.24) is 0 Å². The molecule has 1 rings (SSSR count). The molecule has 3 N–H and O–H groups in total. The Bertz CT molecular complexity index is 316. The molecule has 0 bridgehead atoms. The third-order valence-corrected chi connectivity index (χ3v) is 2.26. The Morgan fingerprint density at radius 3 is 2.75 bits per heavy atom. The highest BCUT2D eigenvalue weighted by Crippen LogP contribution is 2.23. The molecule has 0 unspecified atom stereocenters. The van der Waals surface area contributed by atoms with Crippen LogP contribution in [0.5, 0.6) is 0 Å². The largest absolute Gasteiger partial charge is 0.323 e. The van der Waals surface area contributed by atoms with E-state index in [1.54, 1.807) is 18.2 Å². The van der Waals surface area contributed by atoms with Crippen LogP contribution in [0.15, 0.2) is 22.7 Å². The molecule has 0 saturated heterocycles. The second kappa shape index (κ2) is 3.89. The number of anilines is 1. The van der Waals surface area contributed by atoms with Crippen LogP contribution in [-0.4, -0.2) is 5.24 Å². The molecule has 1 aromatic carbocycles. The monoisotopic (exact) mass is 248 g/mol. The van der Waals surface area contributed by atoms with Crippen LogP contribution < -0.4 is 11.3 Å². The molecule has 0 amide bonds. The average Bonchev–Trinajstić information content (AvgIpc) is 2.05. The Balaban J connectivity index is 3.13. The maximum absolute atomic E-state index is 10.7. The molecule has 5 heteroatoms. The summed E-state index contributed by atoms with van der Waals surface area (Å²) in [5.74, 6) is 5.19. The first-order valence-corrected chi connectivity index (χ1v) is 4.28. The number of nitrogens with two attached hydrogens (primary N) is 1. The van der Waals surface area contributed by atoms with E-state index in [0.717, 1.165) is 4.47 Å². The lowest BCUT2D eigenvalue weighted by Crippen LogP contribution is -2.07. The molecule has 0 spiro atoms. The first-order valence-electron chi connectivity index (χ1n) is 3.11. The molecular formula is C7H6BrClN2O. The molecule has 3 nitrogen and oxygen atoms in total. The maximum Gasteiger partial charge on any atom is 0.252 e. The Hall–Kier alpha value is -0.580. The molecule has 64 valence electrons. The fourth-order valence-electron chi connectivity index (χ4n) is 0.758. The van der Waals surface area contributed by atoms with Gasteiger partial charge in [0.25, 0.3) is 5.24 Å². The normalized spacial score (nSPS) is 9.58. The van der Waals surface area contributed by atoms with Crippen molar-refractivity contribution in [3.8, 4) is 0 Å². The summed E-state index contributed by atoms with van der Waals surface area (Å²) in [7, 11) is 0. The van der Waals surface area contributed by atoms with Crippen LogP contribution in [0.1, 0.15) is 10.4 Å². The zero-order valence-corrected chi connectivity index (χ0v) is 8.32. The van der Waals surface area contributed by atoms with E-state index in [1.807, 2.05) is 0 Å². The highest BCUT2D eigenvalue weighted by molar-refractivity contribution is 9.10. The summed E-state index contributed by atoms with van der Waals surface area (Å²) < 4.78 is 0.784. The van der Waals surface area contributed by atoms with Gasteiger partial charge in [0, 0.05) is 10.0 Å². The fraction of sp³-hybridized carbons (Fsp3) is 0. The van der Waals surface area contributed by atoms with Gasteiger partial charge < -0.3 is 5.43 Å². The minimum absolute atomic E-state index is 0.410. The van der Waals surface area contributed by atoms with Gasteiger partial charge in [-0.05, 0) is 45.7 Å². The number of halogens is 2. The first kappa shape index (κ1) is 9.51. The number of hydrogen-bond acceptors (Lipinski definition) is 3. The van der Waals surface area contributed by atoms with E-state index in [4.69, 9.17) is 17.4 Å². The van der Waals surface area contributed by atoms with Crippen molar-refractivity contribution in [1.29, 1.82) is 0 Å². The van der Waals surface area contributed by atoms with Gasteiger partial charge >= 0.3 is 0 Å². The SMILES string of the molecule is NNc1cc(C(=O)Cl)ccc1Br. The highest BCUT2D eigenvalue weighted by Gasteiger charge is 2.04. The minimum atomic E-state index is -0.501. The Kier molecular flexibility index (Phi) is 3.08. The van der Waals surface area contributed by atoms with Crippen molar-refractivity contribution in [2.75, 3.05) is 5.43 Å². The first-order chi connectivity index (χ1) is 5.65. The molecule has 1 aromatic rings. The second-order valence-corrected chi connectivity index (χ2v) is 3.31. The molecule has 0 aliphatic carbocycles. The van der Waals surface area contributed by atoms with Crippen molar-refractivity contribution in [2.24, 2.45) is 5.84 Å². The standard InChI is InChI=1S/C7H6BrClN2O/c8-5-2-1-4(7(9)12)3-6(5)11-10/h1-3,11H,10H2. The number of nitrogen functional groups attached to an aromatic ring is 1. The van der Waals surface area contributed by atoms with E-state index in [1.165, 1.54) is 0 Å². The third-order valence-electron chi connectivity index (χ3n) is 1.35. The van der Waals surface area contributed by atoms with Gasteiger partial charge in [0.05, 0.1) is 5.69 Å². The van der Waals surface area contributed by atoms with Gasteiger partial charge in [0.15, 0.2) is 0 Å². The van der Waals surface area contributed by atoms with Gasteiger partial charge in [-0.25, -0.2) is 0 Å². The van der Waals surface area contributed by atoms with Crippen molar-refractivity contribution >= 4 is 38.5 Å². The van der Waals surface area contributed by atoms with Crippen LogP contribution in [-0.2, 0) is 0 Å². The van der Waals surface area contributed by atoms with Crippen LogP contribution in [0, 0.1) is 0 Å². The van der Waals surface area contributed by atoms with Crippen LogP contribution >= 0.6 is 27.5 Å². The number of benzene rings is 1. The quantitative estimate of drug-likeness (QED) is 0.479. The van der Waals surface area contributed by atoms with E-state index in [2.05, 4.69) is 21.4 Å². The van der Waals surface area contributed by atoms with E-state index < -0.39 is 5.24 Å². The minimum Gasteiger partial charge on any atom is -0.323 e. The van der Waals surface area contributed by atoms with Crippen molar-refractivity contribution in [3.63, 3.8) is 0 Å². The smallest absolute Gasteiger partial charge is 0.252 e. The zero-order valence-electron chi connectivity index (χ0n) is 5.97. The Morgan fingerprint density at radius 1 is 1.58 bits per heavy atom. The number of carbonyl (C=O) groups excluding carboxylic acids is 1. The van der Waals surface area contributed by atoms with Crippen LogP contribution in [0.2, 0.25) is 0 Å². The van der Waals surface area contributed by atoms with Crippen LogP contribution in [0.3, 0.4) is 0 Å². The lowest BCUT2D eigenvalue weighted by Gasteiger charge is -2.03. The lowest BCUT2D eigenvalue weighted by molar-refractivity contribution is 0.108. The van der Waals surface area contributed by atoms with Crippen LogP contribution in [0.4, 0.5) is 5.69 Å². The summed E-state index contributed by atoms with van der Waals surface area (Å²) in [5.41, 5.74) is 3.47. The average molecular weight is 249 g/mol. The van der Waals surface area contributed by atoms with Crippen molar-refractivity contribution in [2.45, 2.75) is 0 Å². The number of hydrazine groups is 1. The third kappa shape index (κ3) is 1.97. The number of carbonyl (C=O) groups is 1. The number of nitrogens with one attached hydrogen (secondary N) is 1. The molecule has 12 heavy (non-hydrogen) atoms. The van der Waals surface area contributed by atoms with E-state index >= 15 is 0 Å². The predicted octanol–water partition coefficient (Wildman–Crippen LogP) is 2.11. The van der Waals surface area contributed by atoms with Gasteiger partial charge in [-0.2, -0.15) is 0 Å². The molecular weight excluding hydrogens is 243 g/mol. The summed E-state index contributed by atoms with van der Waals surface area (Å²) in [6, 6.07) is 4.88. The van der Waals surface area contributed by atoms with Gasteiger partial charge in [0.2, 0.25) is 0 Å². The summed E-state index contributed by atoms with van der Waals surface area (Å²) in [4.78, 5) is 10.7. The molecule has 0 atom stereocenters. The molecule has 0 radical (unpaired) electrons. The second-order valence-electron chi connectivity index (χ2n) is 2.11. The molecule has 0 aliphatic rings. The van der Waals surface area contributed by atoms with E-state index in [-0.39, 0.29) is 0 Å². The lowest BCUT2D eigenvalue weighted by atomic mass is 10.2. The van der Waals surface area contributed by atoms with Gasteiger partial charge in [-0.15, -0.1) is 0 Å².